The second-order valence-electron chi connectivity index (χ2n) is 5.96. The molecule has 2 aliphatic heterocycles. The molecular weight excluding hydrogens is 351 g/mol. The molecule has 0 bridgehead atoms. The number of fused-ring (bicyclic) bond motifs is 3. The Hall–Kier alpha value is -0.930. The van der Waals surface area contributed by atoms with Crippen LogP contribution in [0.3, 0.4) is 0 Å². The van der Waals surface area contributed by atoms with Gasteiger partial charge in [0.2, 0.25) is 0 Å². The SMILES string of the molecule is Cl.Cl.Clc1ccc(-c2cccc3c2C2CCNCCC2N3)cc1. The molecule has 2 aliphatic rings. The van der Waals surface area contributed by atoms with Gasteiger partial charge in [-0.3, -0.25) is 0 Å². The van der Waals surface area contributed by atoms with E-state index in [9.17, 15) is 0 Å². The molecule has 2 nitrogen and oxygen atoms in total. The highest BCUT2D eigenvalue weighted by atomic mass is 35.5. The number of anilines is 1. The third-order valence-corrected chi connectivity index (χ3v) is 4.97. The van der Waals surface area contributed by atoms with Crippen LogP contribution in [0.25, 0.3) is 11.1 Å². The second kappa shape index (κ2) is 7.76. The largest absolute Gasteiger partial charge is 0.381 e. The van der Waals surface area contributed by atoms with Gasteiger partial charge in [0.25, 0.3) is 0 Å². The van der Waals surface area contributed by atoms with Gasteiger partial charge in [0.1, 0.15) is 0 Å². The van der Waals surface area contributed by atoms with Gasteiger partial charge in [-0.2, -0.15) is 0 Å². The summed E-state index contributed by atoms with van der Waals surface area (Å²) in [5, 5.41) is 8.04. The Labute approximate surface area is 154 Å². The zero-order chi connectivity index (χ0) is 14.2. The molecule has 124 valence electrons. The summed E-state index contributed by atoms with van der Waals surface area (Å²) in [4.78, 5) is 0. The Bertz CT molecular complexity index is 658. The average Bonchev–Trinajstić information content (AvgIpc) is 2.70. The molecular formula is C18H21Cl3N2. The molecule has 2 unspecified atom stereocenters. The van der Waals surface area contributed by atoms with Crippen molar-refractivity contribution in [1.82, 2.24) is 5.32 Å². The van der Waals surface area contributed by atoms with Crippen molar-refractivity contribution in [3.05, 3.63) is 53.1 Å². The van der Waals surface area contributed by atoms with Gasteiger partial charge in [0.15, 0.2) is 0 Å². The molecule has 0 saturated carbocycles. The summed E-state index contributed by atoms with van der Waals surface area (Å²) in [6, 6.07) is 15.4. The molecule has 0 aliphatic carbocycles. The quantitative estimate of drug-likeness (QED) is 0.727. The first-order valence-electron chi connectivity index (χ1n) is 7.69. The van der Waals surface area contributed by atoms with Crippen LogP contribution in [0.2, 0.25) is 5.02 Å². The zero-order valence-electron chi connectivity index (χ0n) is 12.7. The highest BCUT2D eigenvalue weighted by molar-refractivity contribution is 6.30. The van der Waals surface area contributed by atoms with E-state index >= 15 is 0 Å². The predicted molar refractivity (Wildman–Crippen MR) is 104 cm³/mol. The maximum absolute atomic E-state index is 6.03. The Morgan fingerprint density at radius 3 is 2.43 bits per heavy atom. The van der Waals surface area contributed by atoms with Gasteiger partial charge in [-0.25, -0.2) is 0 Å². The Morgan fingerprint density at radius 2 is 1.65 bits per heavy atom. The first-order valence-corrected chi connectivity index (χ1v) is 8.07. The van der Waals surface area contributed by atoms with E-state index in [2.05, 4.69) is 41.0 Å². The van der Waals surface area contributed by atoms with Crippen LogP contribution in [0.4, 0.5) is 5.69 Å². The molecule has 23 heavy (non-hydrogen) atoms. The normalized spacial score (nSPS) is 21.8. The van der Waals surface area contributed by atoms with E-state index in [0.717, 1.165) is 18.1 Å². The fourth-order valence-electron chi connectivity index (χ4n) is 3.73. The van der Waals surface area contributed by atoms with Crippen LogP contribution in [0.1, 0.15) is 24.3 Å². The molecule has 0 aromatic heterocycles. The third kappa shape index (κ3) is 3.46. The Balaban J connectivity index is 0.000000960. The molecule has 2 N–H and O–H groups in total. The van der Waals surface area contributed by atoms with Crippen molar-refractivity contribution in [2.75, 3.05) is 18.4 Å². The summed E-state index contributed by atoms with van der Waals surface area (Å²) in [6.45, 7) is 2.22. The van der Waals surface area contributed by atoms with Crippen LogP contribution in [0.5, 0.6) is 0 Å². The molecule has 5 heteroatoms. The topological polar surface area (TPSA) is 24.1 Å². The predicted octanol–water partition coefficient (Wildman–Crippen LogP) is 5.11. The molecule has 0 radical (unpaired) electrons. The van der Waals surface area contributed by atoms with Crippen LogP contribution in [0.15, 0.2) is 42.5 Å². The van der Waals surface area contributed by atoms with E-state index in [4.69, 9.17) is 11.6 Å². The average molecular weight is 372 g/mol. The first kappa shape index (κ1) is 18.4. The molecule has 1 fully saturated rings. The fourth-order valence-corrected chi connectivity index (χ4v) is 3.86. The highest BCUT2D eigenvalue weighted by Gasteiger charge is 2.34. The molecule has 2 heterocycles. The number of hydrogen-bond acceptors (Lipinski definition) is 2. The van der Waals surface area contributed by atoms with Gasteiger partial charge in [-0.15, -0.1) is 24.8 Å². The number of hydrogen-bond donors (Lipinski definition) is 2. The molecule has 1 saturated heterocycles. The van der Waals surface area contributed by atoms with Crippen LogP contribution in [0, 0.1) is 0 Å². The molecule has 4 rings (SSSR count). The van der Waals surface area contributed by atoms with Crippen molar-refractivity contribution in [2.45, 2.75) is 24.8 Å². The molecule has 0 spiro atoms. The van der Waals surface area contributed by atoms with Crippen LogP contribution in [-0.2, 0) is 0 Å². The lowest BCUT2D eigenvalue weighted by Gasteiger charge is -2.18. The van der Waals surface area contributed by atoms with Gasteiger partial charge in [0.05, 0.1) is 0 Å². The third-order valence-electron chi connectivity index (χ3n) is 4.72. The Morgan fingerprint density at radius 1 is 0.913 bits per heavy atom. The Kier molecular flexibility index (Phi) is 6.21. The lowest BCUT2D eigenvalue weighted by Crippen LogP contribution is -2.21. The van der Waals surface area contributed by atoms with Crippen LogP contribution < -0.4 is 10.6 Å². The van der Waals surface area contributed by atoms with Crippen molar-refractivity contribution in [2.24, 2.45) is 0 Å². The van der Waals surface area contributed by atoms with Crippen molar-refractivity contribution in [3.8, 4) is 11.1 Å². The van der Waals surface area contributed by atoms with Crippen molar-refractivity contribution >= 4 is 42.1 Å². The minimum Gasteiger partial charge on any atom is -0.381 e. The van der Waals surface area contributed by atoms with Crippen molar-refractivity contribution in [1.29, 1.82) is 0 Å². The lowest BCUT2D eigenvalue weighted by atomic mass is 9.86. The van der Waals surface area contributed by atoms with Gasteiger partial charge in [0, 0.05) is 22.7 Å². The minimum atomic E-state index is 0. The number of rotatable bonds is 1. The number of nitrogens with one attached hydrogen (secondary N) is 2. The summed E-state index contributed by atoms with van der Waals surface area (Å²) >= 11 is 6.03. The maximum atomic E-state index is 6.03. The van der Waals surface area contributed by atoms with Crippen molar-refractivity contribution in [3.63, 3.8) is 0 Å². The summed E-state index contributed by atoms with van der Waals surface area (Å²) in [7, 11) is 0. The highest BCUT2D eigenvalue weighted by Crippen LogP contribution is 2.45. The standard InChI is InChI=1S/C18H19ClN2.2ClH/c19-13-6-4-12(5-7-13)14-2-1-3-17-18(14)15-8-10-20-11-9-16(15)21-17;;/h1-7,15-16,20-21H,8-11H2;2*1H. The summed E-state index contributed by atoms with van der Waals surface area (Å²) in [6.07, 6.45) is 2.40. The van der Waals surface area contributed by atoms with Gasteiger partial charge in [-0.1, -0.05) is 35.9 Å². The first-order chi connectivity index (χ1) is 10.3. The maximum Gasteiger partial charge on any atom is 0.0406 e. The lowest BCUT2D eigenvalue weighted by molar-refractivity contribution is 0.579. The van der Waals surface area contributed by atoms with E-state index in [1.165, 1.54) is 35.2 Å². The molecule has 0 amide bonds. The number of halogens is 3. The second-order valence-corrected chi connectivity index (χ2v) is 6.39. The van der Waals surface area contributed by atoms with E-state index in [0.29, 0.717) is 12.0 Å². The minimum absolute atomic E-state index is 0. The zero-order valence-corrected chi connectivity index (χ0v) is 15.1. The molecule has 2 aromatic rings. The summed E-state index contributed by atoms with van der Waals surface area (Å²) < 4.78 is 0. The van der Waals surface area contributed by atoms with Crippen LogP contribution >= 0.6 is 36.4 Å². The molecule has 2 atom stereocenters. The molecule has 2 aromatic carbocycles. The fraction of sp³-hybridized carbons (Fsp3) is 0.333. The number of benzene rings is 2. The smallest absolute Gasteiger partial charge is 0.0406 e. The van der Waals surface area contributed by atoms with E-state index in [1.54, 1.807) is 0 Å². The van der Waals surface area contributed by atoms with Gasteiger partial charge >= 0.3 is 0 Å². The van der Waals surface area contributed by atoms with E-state index in [1.807, 2.05) is 12.1 Å². The summed E-state index contributed by atoms with van der Waals surface area (Å²) in [5.74, 6) is 0.613. The van der Waals surface area contributed by atoms with Crippen molar-refractivity contribution < 1.29 is 0 Å². The van der Waals surface area contributed by atoms with Gasteiger partial charge in [-0.05, 0) is 60.8 Å². The van der Waals surface area contributed by atoms with E-state index in [-0.39, 0.29) is 24.8 Å². The van der Waals surface area contributed by atoms with Crippen LogP contribution in [-0.4, -0.2) is 19.1 Å². The van der Waals surface area contributed by atoms with E-state index < -0.39 is 0 Å². The van der Waals surface area contributed by atoms with Gasteiger partial charge < -0.3 is 10.6 Å². The monoisotopic (exact) mass is 370 g/mol. The summed E-state index contributed by atoms with van der Waals surface area (Å²) in [5.41, 5.74) is 5.43.